The van der Waals surface area contributed by atoms with Crippen molar-refractivity contribution in [2.24, 2.45) is 0 Å². The smallest absolute Gasteiger partial charge is 0.391 e. The summed E-state index contributed by atoms with van der Waals surface area (Å²) in [6.45, 7) is 6.11. The minimum atomic E-state index is -4.67. The van der Waals surface area contributed by atoms with Crippen molar-refractivity contribution in [1.29, 1.82) is 0 Å². The van der Waals surface area contributed by atoms with Gasteiger partial charge in [0, 0.05) is 0 Å². The van der Waals surface area contributed by atoms with Gasteiger partial charge in [-0.15, -0.1) is 0 Å². The molecule has 10 heteroatoms. The Morgan fingerprint density at radius 3 is 1.42 bits per heavy atom. The van der Waals surface area contributed by atoms with Gasteiger partial charge in [-0.05, 0) is 25.9 Å². The molecule has 26 heavy (non-hydrogen) atoms. The van der Waals surface area contributed by atoms with Gasteiger partial charge in [-0.2, -0.15) is 8.42 Å². The highest BCUT2D eigenvalue weighted by Gasteiger charge is 2.09. The largest absolute Gasteiger partial charge is 0.394 e. The molecule has 0 saturated carbocycles. The third-order valence-electron chi connectivity index (χ3n) is 3.18. The van der Waals surface area contributed by atoms with Gasteiger partial charge in [0.1, 0.15) is 0 Å². The van der Waals surface area contributed by atoms with E-state index in [0.717, 1.165) is 25.9 Å². The second kappa shape index (κ2) is 18.7. The van der Waals surface area contributed by atoms with Crippen LogP contribution in [0.25, 0.3) is 0 Å². The number of carbonyl (C=O) groups is 2. The molecule has 0 aromatic carbocycles. The van der Waals surface area contributed by atoms with Gasteiger partial charge in [0.05, 0.1) is 13.1 Å². The molecule has 0 unspecified atom stereocenters. The molecule has 0 aromatic heterocycles. The number of unbranched alkanes of at least 4 members (excludes halogenated alkanes) is 6. The van der Waals surface area contributed by atoms with E-state index in [2.05, 4.69) is 24.5 Å². The summed E-state index contributed by atoms with van der Waals surface area (Å²) in [5.41, 5.74) is 0. The highest BCUT2D eigenvalue weighted by Crippen LogP contribution is 1.97. The highest BCUT2D eigenvalue weighted by molar-refractivity contribution is 7.79. The molecule has 0 bridgehead atoms. The number of hydrogen-bond donors (Lipinski definition) is 4. The van der Waals surface area contributed by atoms with Crippen LogP contribution < -0.4 is 10.6 Å². The average Bonchev–Trinajstić information content (AvgIpc) is 2.52. The van der Waals surface area contributed by atoms with Crippen LogP contribution in [0.4, 0.5) is 0 Å². The van der Waals surface area contributed by atoms with Gasteiger partial charge in [-0.25, -0.2) is 0 Å². The lowest BCUT2D eigenvalue weighted by atomic mass is 10.2. The number of carbonyl (C=O) groups excluding carboxylic acids is 2. The second-order valence-corrected chi connectivity index (χ2v) is 6.66. The molecular weight excluding hydrogens is 364 g/mol. The second-order valence-electron chi connectivity index (χ2n) is 5.77. The van der Waals surface area contributed by atoms with Crippen molar-refractivity contribution in [1.82, 2.24) is 10.6 Å². The van der Waals surface area contributed by atoms with Crippen LogP contribution in [0.2, 0.25) is 0 Å². The van der Waals surface area contributed by atoms with Crippen LogP contribution in [0.5, 0.6) is 0 Å². The van der Waals surface area contributed by atoms with E-state index in [-0.39, 0.29) is 13.1 Å². The number of ether oxygens (including phenoxy) is 1. The van der Waals surface area contributed by atoms with Crippen LogP contribution in [0, 0.1) is 0 Å². The summed E-state index contributed by atoms with van der Waals surface area (Å²) in [6.07, 6.45) is 9.26. The lowest BCUT2D eigenvalue weighted by molar-refractivity contribution is -0.158. The van der Waals surface area contributed by atoms with Crippen LogP contribution >= 0.6 is 0 Å². The Morgan fingerprint density at radius 1 is 0.769 bits per heavy atom. The molecule has 0 aromatic rings. The van der Waals surface area contributed by atoms with Crippen LogP contribution in [0.3, 0.4) is 0 Å². The SMILES string of the molecule is CCCCCCNCC(=O)OC(=O)CNCCCCCC.O=S(=O)(O)O. The summed E-state index contributed by atoms with van der Waals surface area (Å²) >= 11 is 0. The quantitative estimate of drug-likeness (QED) is 0.149. The first-order valence-corrected chi connectivity index (χ1v) is 10.4. The van der Waals surface area contributed by atoms with Crippen molar-refractivity contribution in [3.05, 3.63) is 0 Å². The Hall–Kier alpha value is -1.07. The van der Waals surface area contributed by atoms with E-state index in [1.54, 1.807) is 0 Å². The predicted octanol–water partition coefficient (Wildman–Crippen LogP) is 1.74. The molecule has 0 amide bonds. The summed E-state index contributed by atoms with van der Waals surface area (Å²) in [4.78, 5) is 22.8. The molecule has 0 aliphatic heterocycles. The van der Waals surface area contributed by atoms with Gasteiger partial charge >= 0.3 is 22.3 Å². The fourth-order valence-electron chi connectivity index (χ4n) is 1.93. The standard InChI is InChI=1S/C16H32N2O3.H2O4S/c1-3-5-7-9-11-17-13-15(19)21-16(20)14-18-12-10-8-6-4-2;1-5(2,3)4/h17-18H,3-14H2,1-2H3;(H2,1,2,3,4). The number of rotatable bonds is 14. The van der Waals surface area contributed by atoms with E-state index in [9.17, 15) is 9.59 Å². The van der Waals surface area contributed by atoms with Gasteiger partial charge in [0.15, 0.2) is 0 Å². The summed E-state index contributed by atoms with van der Waals surface area (Å²) in [7, 11) is -4.67. The van der Waals surface area contributed by atoms with E-state index in [4.69, 9.17) is 22.3 Å². The maximum absolute atomic E-state index is 11.4. The lowest BCUT2D eigenvalue weighted by Gasteiger charge is -2.06. The fraction of sp³-hybridized carbons (Fsp3) is 0.875. The highest BCUT2D eigenvalue weighted by atomic mass is 32.3. The normalized spacial score (nSPS) is 10.8. The van der Waals surface area contributed by atoms with E-state index < -0.39 is 22.3 Å². The molecule has 0 radical (unpaired) electrons. The van der Waals surface area contributed by atoms with Gasteiger partial charge in [0.25, 0.3) is 0 Å². The van der Waals surface area contributed by atoms with Gasteiger partial charge in [-0.3, -0.25) is 18.7 Å². The van der Waals surface area contributed by atoms with E-state index >= 15 is 0 Å². The Kier molecular flexibility index (Phi) is 19.5. The zero-order valence-electron chi connectivity index (χ0n) is 15.8. The molecule has 0 fully saturated rings. The predicted molar refractivity (Wildman–Crippen MR) is 99.3 cm³/mol. The third kappa shape index (κ3) is 30.8. The maximum atomic E-state index is 11.4. The first kappa shape index (κ1) is 27.2. The first-order chi connectivity index (χ1) is 12.2. The monoisotopic (exact) mass is 398 g/mol. The molecular formula is C16H34N2O7S. The van der Waals surface area contributed by atoms with Gasteiger partial charge in [-0.1, -0.05) is 52.4 Å². The van der Waals surface area contributed by atoms with E-state index in [1.165, 1.54) is 38.5 Å². The average molecular weight is 399 g/mol. The van der Waals surface area contributed by atoms with Gasteiger partial charge in [0.2, 0.25) is 0 Å². The minimum absolute atomic E-state index is 0.106. The summed E-state index contributed by atoms with van der Waals surface area (Å²) in [5.74, 6) is -0.994. The fourth-order valence-corrected chi connectivity index (χ4v) is 1.93. The molecule has 0 spiro atoms. The van der Waals surface area contributed by atoms with Crippen molar-refractivity contribution >= 4 is 22.3 Å². The van der Waals surface area contributed by atoms with Crippen LogP contribution in [-0.4, -0.2) is 55.6 Å². The molecule has 0 rings (SSSR count). The molecule has 156 valence electrons. The Balaban J connectivity index is 0. The minimum Gasteiger partial charge on any atom is -0.391 e. The topological polar surface area (TPSA) is 142 Å². The molecule has 0 aliphatic rings. The van der Waals surface area contributed by atoms with Crippen LogP contribution in [0.1, 0.15) is 65.2 Å². The van der Waals surface area contributed by atoms with Crippen molar-refractivity contribution in [2.45, 2.75) is 65.2 Å². The molecule has 0 heterocycles. The molecule has 4 N–H and O–H groups in total. The lowest BCUT2D eigenvalue weighted by Crippen LogP contribution is -2.31. The van der Waals surface area contributed by atoms with Crippen molar-refractivity contribution in [3.8, 4) is 0 Å². The summed E-state index contributed by atoms with van der Waals surface area (Å²) in [5, 5.41) is 5.99. The Labute approximate surface area is 156 Å². The number of nitrogens with one attached hydrogen (secondary N) is 2. The summed E-state index contributed by atoms with van der Waals surface area (Å²) < 4.78 is 36.3. The van der Waals surface area contributed by atoms with Crippen molar-refractivity contribution in [2.75, 3.05) is 26.2 Å². The maximum Gasteiger partial charge on any atom is 0.394 e. The zero-order valence-corrected chi connectivity index (χ0v) is 16.6. The third-order valence-corrected chi connectivity index (χ3v) is 3.18. The summed E-state index contributed by atoms with van der Waals surface area (Å²) in [6, 6.07) is 0. The number of esters is 2. The van der Waals surface area contributed by atoms with E-state index in [0.29, 0.717) is 0 Å². The van der Waals surface area contributed by atoms with Crippen molar-refractivity contribution < 1.29 is 31.8 Å². The zero-order chi connectivity index (χ0) is 20.3. The van der Waals surface area contributed by atoms with Crippen LogP contribution in [-0.2, 0) is 24.7 Å². The Bertz CT molecular complexity index is 422. The van der Waals surface area contributed by atoms with Crippen molar-refractivity contribution in [3.63, 3.8) is 0 Å². The van der Waals surface area contributed by atoms with Crippen LogP contribution in [0.15, 0.2) is 0 Å². The Morgan fingerprint density at radius 2 is 1.12 bits per heavy atom. The first-order valence-electron chi connectivity index (χ1n) is 9.05. The number of hydrogen-bond acceptors (Lipinski definition) is 7. The molecule has 9 nitrogen and oxygen atoms in total. The molecule has 0 saturated heterocycles. The molecule has 0 atom stereocenters. The molecule has 0 aliphatic carbocycles. The van der Waals surface area contributed by atoms with E-state index in [1.807, 2.05) is 0 Å². The van der Waals surface area contributed by atoms with Gasteiger partial charge < -0.3 is 15.4 Å².